The molecule has 24 heavy (non-hydrogen) atoms. The molecule has 2 aliphatic rings. The Morgan fingerprint density at radius 1 is 1.21 bits per heavy atom. The molecule has 1 fully saturated rings. The van der Waals surface area contributed by atoms with Crippen LogP contribution in [0.25, 0.3) is 6.08 Å². The van der Waals surface area contributed by atoms with Crippen LogP contribution in [0.3, 0.4) is 0 Å². The van der Waals surface area contributed by atoms with Crippen molar-refractivity contribution >= 4 is 17.9 Å². The Labute approximate surface area is 142 Å². The number of piperidine rings is 1. The second kappa shape index (κ2) is 7.18. The van der Waals surface area contributed by atoms with Gasteiger partial charge in [0.15, 0.2) is 0 Å². The normalized spacial score (nSPS) is 20.8. The number of carbonyl (C=O) groups is 2. The molecule has 0 bridgehead atoms. The van der Waals surface area contributed by atoms with Gasteiger partial charge in [0.2, 0.25) is 11.8 Å². The molecule has 1 aromatic carbocycles. The maximum absolute atomic E-state index is 12.8. The van der Waals surface area contributed by atoms with Crippen molar-refractivity contribution in [3.63, 3.8) is 0 Å². The lowest BCUT2D eigenvalue weighted by Gasteiger charge is -2.36. The minimum absolute atomic E-state index is 0.0448. The van der Waals surface area contributed by atoms with E-state index in [9.17, 15) is 9.59 Å². The van der Waals surface area contributed by atoms with Crippen LogP contribution < -0.4 is 0 Å². The van der Waals surface area contributed by atoms with Crippen molar-refractivity contribution < 1.29 is 14.3 Å². The number of carbonyl (C=O) groups excluding carboxylic acids is 2. The van der Waals surface area contributed by atoms with Crippen LogP contribution in [0.1, 0.15) is 43.4 Å². The lowest BCUT2D eigenvalue weighted by atomic mass is 9.93. The van der Waals surface area contributed by atoms with Crippen LogP contribution in [0, 0.1) is 0 Å². The van der Waals surface area contributed by atoms with E-state index in [4.69, 9.17) is 4.74 Å². The van der Waals surface area contributed by atoms with E-state index in [-0.39, 0.29) is 24.0 Å². The summed E-state index contributed by atoms with van der Waals surface area (Å²) in [5.74, 6) is 0.0579. The summed E-state index contributed by atoms with van der Waals surface area (Å²) in [6, 6.07) is 7.73. The van der Waals surface area contributed by atoms with Crippen LogP contribution in [0.4, 0.5) is 0 Å². The van der Waals surface area contributed by atoms with Crippen molar-refractivity contribution in [2.24, 2.45) is 0 Å². The third kappa shape index (κ3) is 3.36. The van der Waals surface area contributed by atoms with Crippen LogP contribution in [0.5, 0.6) is 0 Å². The van der Waals surface area contributed by atoms with Gasteiger partial charge in [-0.3, -0.25) is 9.59 Å². The summed E-state index contributed by atoms with van der Waals surface area (Å²) in [6.07, 6.45) is 6.04. The summed E-state index contributed by atoms with van der Waals surface area (Å²) in [7, 11) is 1.72. The van der Waals surface area contributed by atoms with E-state index in [1.165, 1.54) is 0 Å². The maximum atomic E-state index is 12.8. The zero-order valence-corrected chi connectivity index (χ0v) is 14.3. The first-order valence-corrected chi connectivity index (χ1v) is 8.46. The van der Waals surface area contributed by atoms with E-state index in [1.54, 1.807) is 25.1 Å². The SMILES string of the molecule is COC1CCN(C(=O)CC2c3ccccc3C=CN2C(C)=O)CC1. The molecule has 2 amide bonds. The quantitative estimate of drug-likeness (QED) is 0.857. The molecule has 5 heteroatoms. The highest BCUT2D eigenvalue weighted by Gasteiger charge is 2.31. The molecule has 1 aromatic rings. The monoisotopic (exact) mass is 328 g/mol. The first-order valence-electron chi connectivity index (χ1n) is 8.46. The number of fused-ring (bicyclic) bond motifs is 1. The molecular formula is C19H24N2O3. The van der Waals surface area contributed by atoms with Crippen LogP contribution >= 0.6 is 0 Å². The molecule has 0 radical (unpaired) electrons. The van der Waals surface area contributed by atoms with Crippen LogP contribution in [0.2, 0.25) is 0 Å². The number of nitrogens with zero attached hydrogens (tertiary/aromatic N) is 2. The Hall–Kier alpha value is -2.14. The maximum Gasteiger partial charge on any atom is 0.225 e. The van der Waals surface area contributed by atoms with Gasteiger partial charge in [-0.05, 0) is 30.0 Å². The predicted octanol–water partition coefficient (Wildman–Crippen LogP) is 2.59. The summed E-state index contributed by atoms with van der Waals surface area (Å²) >= 11 is 0. The Morgan fingerprint density at radius 3 is 2.58 bits per heavy atom. The van der Waals surface area contributed by atoms with E-state index < -0.39 is 0 Å². The highest BCUT2D eigenvalue weighted by Crippen LogP contribution is 2.33. The molecule has 3 rings (SSSR count). The van der Waals surface area contributed by atoms with Crippen molar-refractivity contribution in [2.75, 3.05) is 20.2 Å². The molecule has 2 aliphatic heterocycles. The molecule has 1 saturated heterocycles. The van der Waals surface area contributed by atoms with E-state index in [1.807, 2.05) is 35.2 Å². The Balaban J connectivity index is 1.75. The second-order valence-electron chi connectivity index (χ2n) is 6.41. The first-order chi connectivity index (χ1) is 11.6. The average molecular weight is 328 g/mol. The number of ether oxygens (including phenoxy) is 1. The standard InChI is InChI=1S/C19H24N2O3/c1-14(22)21-12-7-15-5-3-4-6-17(15)18(21)13-19(23)20-10-8-16(24-2)9-11-20/h3-7,12,16,18H,8-11,13H2,1-2H3. The van der Waals surface area contributed by atoms with Crippen molar-refractivity contribution in [1.82, 2.24) is 9.80 Å². The van der Waals surface area contributed by atoms with Crippen LogP contribution in [-0.4, -0.2) is 47.9 Å². The van der Waals surface area contributed by atoms with E-state index >= 15 is 0 Å². The molecular weight excluding hydrogens is 304 g/mol. The molecule has 0 spiro atoms. The van der Waals surface area contributed by atoms with Gasteiger partial charge in [-0.15, -0.1) is 0 Å². The van der Waals surface area contributed by atoms with Gasteiger partial charge < -0.3 is 14.5 Å². The molecule has 0 aliphatic carbocycles. The predicted molar refractivity (Wildman–Crippen MR) is 92.0 cm³/mol. The number of likely N-dealkylation sites (tertiary alicyclic amines) is 1. The van der Waals surface area contributed by atoms with Crippen molar-refractivity contribution in [3.05, 3.63) is 41.6 Å². The van der Waals surface area contributed by atoms with Gasteiger partial charge in [-0.25, -0.2) is 0 Å². The fourth-order valence-corrected chi connectivity index (χ4v) is 3.55. The topological polar surface area (TPSA) is 49.9 Å². The lowest BCUT2D eigenvalue weighted by molar-refractivity contribution is -0.136. The van der Waals surface area contributed by atoms with Gasteiger partial charge in [0.25, 0.3) is 0 Å². The largest absolute Gasteiger partial charge is 0.381 e. The molecule has 5 nitrogen and oxygen atoms in total. The van der Waals surface area contributed by atoms with Crippen molar-refractivity contribution in [1.29, 1.82) is 0 Å². The third-order valence-corrected chi connectivity index (χ3v) is 4.97. The summed E-state index contributed by atoms with van der Waals surface area (Å²) in [4.78, 5) is 28.3. The average Bonchev–Trinajstić information content (AvgIpc) is 2.61. The molecule has 128 valence electrons. The smallest absolute Gasteiger partial charge is 0.225 e. The van der Waals surface area contributed by atoms with E-state index in [0.717, 1.165) is 37.1 Å². The molecule has 0 N–H and O–H groups in total. The van der Waals surface area contributed by atoms with Gasteiger partial charge in [-0.2, -0.15) is 0 Å². The molecule has 2 heterocycles. The molecule has 0 aromatic heterocycles. The van der Waals surface area contributed by atoms with Gasteiger partial charge in [0, 0.05) is 33.3 Å². The van der Waals surface area contributed by atoms with Crippen molar-refractivity contribution in [2.45, 2.75) is 38.3 Å². The Morgan fingerprint density at radius 2 is 1.92 bits per heavy atom. The number of methoxy groups -OCH3 is 1. The van der Waals surface area contributed by atoms with Gasteiger partial charge >= 0.3 is 0 Å². The summed E-state index contributed by atoms with van der Waals surface area (Å²) in [5.41, 5.74) is 2.11. The Kier molecular flexibility index (Phi) is 5.00. The number of hydrogen-bond acceptors (Lipinski definition) is 3. The summed E-state index contributed by atoms with van der Waals surface area (Å²) in [5, 5.41) is 0. The van der Waals surface area contributed by atoms with Crippen molar-refractivity contribution in [3.8, 4) is 0 Å². The zero-order chi connectivity index (χ0) is 17.1. The highest BCUT2D eigenvalue weighted by atomic mass is 16.5. The number of benzene rings is 1. The zero-order valence-electron chi connectivity index (χ0n) is 14.3. The Bertz CT molecular complexity index is 648. The molecule has 1 unspecified atom stereocenters. The minimum atomic E-state index is -0.226. The van der Waals surface area contributed by atoms with E-state index in [2.05, 4.69) is 0 Å². The number of hydrogen-bond donors (Lipinski definition) is 0. The summed E-state index contributed by atoms with van der Waals surface area (Å²) in [6.45, 7) is 2.99. The molecule has 1 atom stereocenters. The summed E-state index contributed by atoms with van der Waals surface area (Å²) < 4.78 is 5.36. The number of amides is 2. The third-order valence-electron chi connectivity index (χ3n) is 4.97. The second-order valence-corrected chi connectivity index (χ2v) is 6.41. The molecule has 0 saturated carbocycles. The van der Waals surface area contributed by atoms with Crippen LogP contribution in [-0.2, 0) is 14.3 Å². The van der Waals surface area contributed by atoms with E-state index in [0.29, 0.717) is 6.42 Å². The fourth-order valence-electron chi connectivity index (χ4n) is 3.55. The van der Waals surface area contributed by atoms with Crippen LogP contribution in [0.15, 0.2) is 30.5 Å². The first kappa shape index (κ1) is 16.7. The van der Waals surface area contributed by atoms with Gasteiger partial charge in [0.05, 0.1) is 18.6 Å². The minimum Gasteiger partial charge on any atom is -0.381 e. The van der Waals surface area contributed by atoms with Gasteiger partial charge in [0.1, 0.15) is 0 Å². The van der Waals surface area contributed by atoms with Gasteiger partial charge in [-0.1, -0.05) is 24.3 Å². The fraction of sp³-hybridized carbons (Fsp3) is 0.474. The lowest BCUT2D eigenvalue weighted by Crippen LogP contribution is -2.42. The highest BCUT2D eigenvalue weighted by molar-refractivity contribution is 5.82. The number of rotatable bonds is 3.